The summed E-state index contributed by atoms with van der Waals surface area (Å²) in [7, 11) is 0. The molecule has 1 unspecified atom stereocenters. The summed E-state index contributed by atoms with van der Waals surface area (Å²) in [6.45, 7) is 2.42. The van der Waals surface area contributed by atoms with E-state index in [1.807, 2.05) is 0 Å². The van der Waals surface area contributed by atoms with E-state index >= 15 is 0 Å². The second-order valence-corrected chi connectivity index (χ2v) is 4.06. The Labute approximate surface area is 69.0 Å². The van der Waals surface area contributed by atoms with Crippen molar-refractivity contribution in [1.82, 2.24) is 0 Å². The summed E-state index contributed by atoms with van der Waals surface area (Å²) in [4.78, 5) is 0. The van der Waals surface area contributed by atoms with Gasteiger partial charge in [-0.25, -0.2) is 0 Å². The summed E-state index contributed by atoms with van der Waals surface area (Å²) in [6, 6.07) is 0. The van der Waals surface area contributed by atoms with Crippen LogP contribution in [0.4, 0.5) is 0 Å². The Morgan fingerprint density at radius 1 is 1.36 bits per heavy atom. The van der Waals surface area contributed by atoms with Gasteiger partial charge in [0.2, 0.25) is 0 Å². The molecule has 0 aromatic rings. The molecule has 0 heterocycles. The predicted octanol–water partition coefficient (Wildman–Crippen LogP) is 3.45. The maximum Gasteiger partial charge on any atom is -0.00787 e. The Bertz CT molecular complexity index is 210. The zero-order chi connectivity index (χ0) is 7.73. The van der Waals surface area contributed by atoms with Gasteiger partial charge >= 0.3 is 0 Å². The van der Waals surface area contributed by atoms with Crippen LogP contribution >= 0.6 is 0 Å². The molecule has 2 aliphatic carbocycles. The van der Waals surface area contributed by atoms with Gasteiger partial charge in [0.1, 0.15) is 0 Å². The molecule has 0 radical (unpaired) electrons. The van der Waals surface area contributed by atoms with Crippen LogP contribution in [0.1, 0.15) is 39.0 Å². The highest BCUT2D eigenvalue weighted by Crippen LogP contribution is 2.44. The molecule has 0 aliphatic heterocycles. The smallest absolute Gasteiger partial charge is 0.00787 e. The van der Waals surface area contributed by atoms with E-state index < -0.39 is 0 Å². The first kappa shape index (κ1) is 7.15. The summed E-state index contributed by atoms with van der Waals surface area (Å²) in [5.74, 6) is 0. The second kappa shape index (κ2) is 2.51. The zero-order valence-electron chi connectivity index (χ0n) is 7.27. The van der Waals surface area contributed by atoms with Crippen molar-refractivity contribution in [3.63, 3.8) is 0 Å². The Morgan fingerprint density at radius 3 is 3.09 bits per heavy atom. The van der Waals surface area contributed by atoms with Crippen LogP contribution in [0.15, 0.2) is 23.8 Å². The number of fused-ring (bicyclic) bond motifs is 1. The van der Waals surface area contributed by atoms with Gasteiger partial charge in [0, 0.05) is 0 Å². The standard InChI is InChI=1S/C11H16/c1-11-8-4-2-6-10(11)7-3-5-9-11/h2,4,7H,3,5-6,8-9H2,1H3. The summed E-state index contributed by atoms with van der Waals surface area (Å²) in [5, 5.41) is 0. The van der Waals surface area contributed by atoms with Crippen LogP contribution in [0.3, 0.4) is 0 Å². The van der Waals surface area contributed by atoms with Gasteiger partial charge in [0.05, 0.1) is 0 Å². The van der Waals surface area contributed by atoms with Crippen molar-refractivity contribution in [1.29, 1.82) is 0 Å². The zero-order valence-corrected chi connectivity index (χ0v) is 7.27. The molecule has 11 heavy (non-hydrogen) atoms. The quantitative estimate of drug-likeness (QED) is 0.461. The molecule has 0 fully saturated rings. The molecule has 0 aromatic carbocycles. The highest BCUT2D eigenvalue weighted by molar-refractivity contribution is 5.24. The molecule has 1 atom stereocenters. The Kier molecular flexibility index (Phi) is 1.63. The number of hydrogen-bond acceptors (Lipinski definition) is 0. The molecule has 0 bridgehead atoms. The third-order valence-electron chi connectivity index (χ3n) is 3.17. The van der Waals surface area contributed by atoms with E-state index in [0.29, 0.717) is 5.41 Å². The van der Waals surface area contributed by atoms with Crippen molar-refractivity contribution in [2.24, 2.45) is 5.41 Å². The monoisotopic (exact) mass is 148 g/mol. The SMILES string of the molecule is CC12CC=CCC1=CCCC2. The normalized spacial score (nSPS) is 36.3. The van der Waals surface area contributed by atoms with E-state index in [1.165, 1.54) is 32.1 Å². The van der Waals surface area contributed by atoms with Gasteiger partial charge in [-0.05, 0) is 37.5 Å². The summed E-state index contributed by atoms with van der Waals surface area (Å²) in [6.07, 6.45) is 13.7. The van der Waals surface area contributed by atoms with E-state index in [2.05, 4.69) is 25.2 Å². The van der Waals surface area contributed by atoms with Crippen molar-refractivity contribution in [2.75, 3.05) is 0 Å². The molecule has 0 saturated heterocycles. The fraction of sp³-hybridized carbons (Fsp3) is 0.636. The molecule has 0 N–H and O–H groups in total. The van der Waals surface area contributed by atoms with Gasteiger partial charge in [0.15, 0.2) is 0 Å². The van der Waals surface area contributed by atoms with Crippen LogP contribution in [-0.2, 0) is 0 Å². The fourth-order valence-corrected chi connectivity index (χ4v) is 2.29. The summed E-state index contributed by atoms with van der Waals surface area (Å²) in [5.41, 5.74) is 2.25. The van der Waals surface area contributed by atoms with Gasteiger partial charge in [0.25, 0.3) is 0 Å². The molecule has 0 nitrogen and oxygen atoms in total. The molecular weight excluding hydrogens is 132 g/mol. The van der Waals surface area contributed by atoms with Crippen molar-refractivity contribution >= 4 is 0 Å². The minimum atomic E-state index is 0.549. The van der Waals surface area contributed by atoms with Crippen LogP contribution < -0.4 is 0 Å². The Balaban J connectivity index is 2.30. The molecule has 2 aliphatic rings. The van der Waals surface area contributed by atoms with Crippen LogP contribution in [0.2, 0.25) is 0 Å². The van der Waals surface area contributed by atoms with E-state index in [4.69, 9.17) is 0 Å². The maximum absolute atomic E-state index is 2.47. The minimum Gasteiger partial charge on any atom is -0.0874 e. The third-order valence-corrected chi connectivity index (χ3v) is 3.17. The first-order valence-corrected chi connectivity index (χ1v) is 4.66. The van der Waals surface area contributed by atoms with Crippen LogP contribution in [-0.4, -0.2) is 0 Å². The molecule has 0 amide bonds. The molecule has 60 valence electrons. The highest BCUT2D eigenvalue weighted by atomic mass is 14.3. The average Bonchev–Trinajstić information content (AvgIpc) is 2.03. The number of hydrogen-bond donors (Lipinski definition) is 0. The lowest BCUT2D eigenvalue weighted by molar-refractivity contribution is 0.328. The van der Waals surface area contributed by atoms with E-state index in [-0.39, 0.29) is 0 Å². The highest BCUT2D eigenvalue weighted by Gasteiger charge is 2.30. The third kappa shape index (κ3) is 1.15. The molecule has 2 rings (SSSR count). The molecular formula is C11H16. The van der Waals surface area contributed by atoms with Crippen LogP contribution in [0.25, 0.3) is 0 Å². The van der Waals surface area contributed by atoms with Gasteiger partial charge in [-0.2, -0.15) is 0 Å². The van der Waals surface area contributed by atoms with Crippen molar-refractivity contribution in [3.05, 3.63) is 23.8 Å². The molecule has 0 saturated carbocycles. The summed E-state index contributed by atoms with van der Waals surface area (Å²) < 4.78 is 0. The molecule has 0 aromatic heterocycles. The van der Waals surface area contributed by atoms with Crippen molar-refractivity contribution in [2.45, 2.75) is 39.0 Å². The average molecular weight is 148 g/mol. The fourth-order valence-electron chi connectivity index (χ4n) is 2.29. The lowest BCUT2D eigenvalue weighted by Crippen LogP contribution is -2.23. The topological polar surface area (TPSA) is 0 Å². The maximum atomic E-state index is 2.47. The summed E-state index contributed by atoms with van der Waals surface area (Å²) >= 11 is 0. The largest absolute Gasteiger partial charge is 0.0874 e. The Hall–Kier alpha value is -0.520. The number of rotatable bonds is 0. The van der Waals surface area contributed by atoms with Gasteiger partial charge in [-0.15, -0.1) is 0 Å². The van der Waals surface area contributed by atoms with Crippen LogP contribution in [0.5, 0.6) is 0 Å². The lowest BCUT2D eigenvalue weighted by atomic mass is 9.68. The van der Waals surface area contributed by atoms with Gasteiger partial charge < -0.3 is 0 Å². The first-order valence-electron chi connectivity index (χ1n) is 4.66. The van der Waals surface area contributed by atoms with Crippen LogP contribution in [0, 0.1) is 5.41 Å². The molecule has 0 spiro atoms. The van der Waals surface area contributed by atoms with Crippen molar-refractivity contribution < 1.29 is 0 Å². The number of allylic oxidation sites excluding steroid dienone is 4. The van der Waals surface area contributed by atoms with Crippen molar-refractivity contribution in [3.8, 4) is 0 Å². The Morgan fingerprint density at radius 2 is 2.27 bits per heavy atom. The second-order valence-electron chi connectivity index (χ2n) is 4.06. The predicted molar refractivity (Wildman–Crippen MR) is 48.4 cm³/mol. The van der Waals surface area contributed by atoms with E-state index in [0.717, 1.165) is 0 Å². The van der Waals surface area contributed by atoms with E-state index in [1.54, 1.807) is 5.57 Å². The first-order chi connectivity index (χ1) is 5.31. The lowest BCUT2D eigenvalue weighted by Gasteiger charge is -2.36. The van der Waals surface area contributed by atoms with Gasteiger partial charge in [-0.1, -0.05) is 30.7 Å². The molecule has 0 heteroatoms. The van der Waals surface area contributed by atoms with E-state index in [9.17, 15) is 0 Å². The van der Waals surface area contributed by atoms with Gasteiger partial charge in [-0.3, -0.25) is 0 Å². The minimum absolute atomic E-state index is 0.549.